The number of hydrogen-bond acceptors (Lipinski definition) is 3. The van der Waals surface area contributed by atoms with Crippen molar-refractivity contribution >= 4 is 5.97 Å². The van der Waals surface area contributed by atoms with Crippen molar-refractivity contribution in [2.75, 3.05) is 13.2 Å². The summed E-state index contributed by atoms with van der Waals surface area (Å²) in [5.74, 6) is -0.000472. The van der Waals surface area contributed by atoms with Crippen LogP contribution in [0.1, 0.15) is 72.1 Å². The van der Waals surface area contributed by atoms with Crippen LogP contribution in [0.3, 0.4) is 0 Å². The molecule has 0 bridgehead atoms. The minimum atomic E-state index is -0.000472. The van der Waals surface area contributed by atoms with Gasteiger partial charge in [0.15, 0.2) is 0 Å². The van der Waals surface area contributed by atoms with Crippen LogP contribution in [0, 0.1) is 0 Å². The van der Waals surface area contributed by atoms with E-state index in [9.17, 15) is 4.79 Å². The second-order valence-corrected chi connectivity index (χ2v) is 5.56. The van der Waals surface area contributed by atoms with Gasteiger partial charge in [-0.2, -0.15) is 0 Å². The highest BCUT2D eigenvalue weighted by molar-refractivity contribution is 5.80. The van der Waals surface area contributed by atoms with E-state index in [0.29, 0.717) is 12.6 Å². The molecule has 0 aromatic rings. The summed E-state index contributed by atoms with van der Waals surface area (Å²) < 4.78 is 5.18. The molecule has 0 amide bonds. The highest BCUT2D eigenvalue weighted by Gasteiger charge is 2.51. The Morgan fingerprint density at radius 3 is 2.32 bits per heavy atom. The van der Waals surface area contributed by atoms with Crippen molar-refractivity contribution < 1.29 is 9.53 Å². The lowest BCUT2D eigenvalue weighted by molar-refractivity contribution is -0.143. The minimum absolute atomic E-state index is 0.000472. The van der Waals surface area contributed by atoms with Gasteiger partial charge in [0, 0.05) is 6.04 Å². The Hall–Kier alpha value is -0.570. The van der Waals surface area contributed by atoms with E-state index >= 15 is 0 Å². The summed E-state index contributed by atoms with van der Waals surface area (Å²) in [5, 5.41) is 0. The number of carbonyl (C=O) groups is 1. The molecule has 19 heavy (non-hydrogen) atoms. The average molecular weight is 269 g/mol. The standard InChI is InChI=1S/C16H31NO2/c1-4-7-9-11-13-17-14(12-10-8-5-2)15(17)16(18)19-6-3/h14-15H,4-13H2,1-3H3. The molecule has 1 aliphatic rings. The quantitative estimate of drug-likeness (QED) is 0.325. The summed E-state index contributed by atoms with van der Waals surface area (Å²) in [6.45, 7) is 7.91. The fourth-order valence-electron chi connectivity index (χ4n) is 2.80. The van der Waals surface area contributed by atoms with Crippen LogP contribution < -0.4 is 0 Å². The van der Waals surface area contributed by atoms with Gasteiger partial charge in [0.05, 0.1) is 6.61 Å². The highest BCUT2D eigenvalue weighted by atomic mass is 16.5. The van der Waals surface area contributed by atoms with Crippen molar-refractivity contribution in [3.8, 4) is 0 Å². The Bertz CT molecular complexity index is 255. The van der Waals surface area contributed by atoms with Crippen LogP contribution in [0.15, 0.2) is 0 Å². The van der Waals surface area contributed by atoms with Crippen LogP contribution in [0.25, 0.3) is 0 Å². The van der Waals surface area contributed by atoms with Gasteiger partial charge < -0.3 is 4.74 Å². The number of rotatable bonds is 11. The van der Waals surface area contributed by atoms with E-state index in [1.165, 1.54) is 44.9 Å². The smallest absolute Gasteiger partial charge is 0.324 e. The van der Waals surface area contributed by atoms with Gasteiger partial charge in [0.2, 0.25) is 0 Å². The second-order valence-electron chi connectivity index (χ2n) is 5.56. The molecular formula is C16H31NO2. The molecule has 3 heteroatoms. The first-order chi connectivity index (χ1) is 9.26. The Balaban J connectivity index is 2.30. The lowest BCUT2D eigenvalue weighted by atomic mass is 10.1. The van der Waals surface area contributed by atoms with E-state index in [-0.39, 0.29) is 12.0 Å². The van der Waals surface area contributed by atoms with Crippen molar-refractivity contribution in [2.24, 2.45) is 0 Å². The number of hydrogen-bond donors (Lipinski definition) is 0. The summed E-state index contributed by atoms with van der Waals surface area (Å²) in [4.78, 5) is 14.2. The summed E-state index contributed by atoms with van der Waals surface area (Å²) in [7, 11) is 0. The fraction of sp³-hybridized carbons (Fsp3) is 0.938. The van der Waals surface area contributed by atoms with Gasteiger partial charge in [-0.1, -0.05) is 52.4 Å². The predicted molar refractivity (Wildman–Crippen MR) is 79.2 cm³/mol. The van der Waals surface area contributed by atoms with Crippen molar-refractivity contribution in [3.05, 3.63) is 0 Å². The Morgan fingerprint density at radius 1 is 1.00 bits per heavy atom. The van der Waals surface area contributed by atoms with Gasteiger partial charge >= 0.3 is 5.97 Å². The van der Waals surface area contributed by atoms with Crippen molar-refractivity contribution in [1.29, 1.82) is 0 Å². The molecule has 1 fully saturated rings. The molecule has 0 aromatic heterocycles. The molecule has 112 valence electrons. The second kappa shape index (κ2) is 9.35. The Morgan fingerprint density at radius 2 is 1.68 bits per heavy atom. The minimum Gasteiger partial charge on any atom is -0.465 e. The SMILES string of the molecule is CCCCCCN1C(CCCCC)C1C(=O)OCC. The zero-order chi connectivity index (χ0) is 14.1. The maximum atomic E-state index is 11.9. The normalized spacial score (nSPS) is 25.3. The van der Waals surface area contributed by atoms with E-state index in [1.54, 1.807) is 0 Å². The zero-order valence-corrected chi connectivity index (χ0v) is 13.0. The van der Waals surface area contributed by atoms with Crippen LogP contribution in [0.4, 0.5) is 0 Å². The first-order valence-electron chi connectivity index (χ1n) is 8.18. The number of esters is 1. The highest BCUT2D eigenvalue weighted by Crippen LogP contribution is 2.34. The summed E-state index contributed by atoms with van der Waals surface area (Å²) in [5.41, 5.74) is 0. The molecule has 0 radical (unpaired) electrons. The van der Waals surface area contributed by atoms with E-state index in [2.05, 4.69) is 18.7 Å². The lowest BCUT2D eigenvalue weighted by Crippen LogP contribution is -2.17. The van der Waals surface area contributed by atoms with Crippen molar-refractivity contribution in [1.82, 2.24) is 4.90 Å². The molecule has 0 aromatic carbocycles. The van der Waals surface area contributed by atoms with Gasteiger partial charge in [0.25, 0.3) is 0 Å². The third-order valence-corrected chi connectivity index (χ3v) is 3.96. The molecule has 0 N–H and O–H groups in total. The van der Waals surface area contributed by atoms with Crippen LogP contribution in [-0.2, 0) is 9.53 Å². The van der Waals surface area contributed by atoms with Crippen molar-refractivity contribution in [3.63, 3.8) is 0 Å². The van der Waals surface area contributed by atoms with E-state index in [4.69, 9.17) is 4.74 Å². The molecule has 1 aliphatic heterocycles. The van der Waals surface area contributed by atoms with Crippen LogP contribution in [0.5, 0.6) is 0 Å². The van der Waals surface area contributed by atoms with E-state index in [0.717, 1.165) is 13.0 Å². The lowest BCUT2D eigenvalue weighted by Gasteiger charge is -2.03. The van der Waals surface area contributed by atoms with Gasteiger partial charge in [0.1, 0.15) is 6.04 Å². The molecular weight excluding hydrogens is 238 g/mol. The average Bonchev–Trinajstić information content (AvgIpc) is 3.09. The first kappa shape index (κ1) is 16.5. The van der Waals surface area contributed by atoms with Gasteiger partial charge in [-0.3, -0.25) is 9.69 Å². The van der Waals surface area contributed by atoms with Gasteiger partial charge in [-0.15, -0.1) is 0 Å². The molecule has 0 spiro atoms. The third-order valence-electron chi connectivity index (χ3n) is 3.96. The molecule has 3 atom stereocenters. The number of carbonyl (C=O) groups excluding carboxylic acids is 1. The van der Waals surface area contributed by atoms with Gasteiger partial charge in [-0.05, 0) is 26.3 Å². The predicted octanol–water partition coefficient (Wildman–Crippen LogP) is 3.76. The summed E-state index contributed by atoms with van der Waals surface area (Å²) in [6.07, 6.45) is 9.98. The Labute approximate surface area is 118 Å². The van der Waals surface area contributed by atoms with E-state index < -0.39 is 0 Å². The zero-order valence-electron chi connectivity index (χ0n) is 13.0. The van der Waals surface area contributed by atoms with Crippen molar-refractivity contribution in [2.45, 2.75) is 84.2 Å². The maximum absolute atomic E-state index is 11.9. The number of ether oxygens (including phenoxy) is 1. The van der Waals surface area contributed by atoms with Crippen LogP contribution >= 0.6 is 0 Å². The fourth-order valence-corrected chi connectivity index (χ4v) is 2.80. The molecule has 3 unspecified atom stereocenters. The molecule has 3 nitrogen and oxygen atoms in total. The summed E-state index contributed by atoms with van der Waals surface area (Å²) in [6, 6.07) is 0.533. The first-order valence-corrected chi connectivity index (χ1v) is 8.18. The molecule has 1 heterocycles. The monoisotopic (exact) mass is 269 g/mol. The van der Waals surface area contributed by atoms with Crippen LogP contribution in [-0.4, -0.2) is 36.1 Å². The Kier molecular flexibility index (Phi) is 8.11. The molecule has 1 rings (SSSR count). The largest absolute Gasteiger partial charge is 0.465 e. The molecule has 1 saturated heterocycles. The number of nitrogens with zero attached hydrogens (tertiary/aromatic N) is 1. The van der Waals surface area contributed by atoms with E-state index in [1.807, 2.05) is 6.92 Å². The van der Waals surface area contributed by atoms with Crippen LogP contribution in [0.2, 0.25) is 0 Å². The summed E-state index contributed by atoms with van der Waals surface area (Å²) >= 11 is 0. The molecule has 0 saturated carbocycles. The maximum Gasteiger partial charge on any atom is 0.324 e. The number of unbranched alkanes of at least 4 members (excludes halogenated alkanes) is 5. The topological polar surface area (TPSA) is 29.3 Å². The van der Waals surface area contributed by atoms with Gasteiger partial charge in [-0.25, -0.2) is 0 Å². The molecule has 0 aliphatic carbocycles. The third kappa shape index (κ3) is 5.52.